The molecule has 0 saturated carbocycles. The molecule has 76 heavy (non-hydrogen) atoms. The zero-order valence-electron chi connectivity index (χ0n) is 40.0. The number of aliphatic imine (C=N–C) groups is 6. The Labute approximate surface area is 434 Å². The molecular formula is C64H40N6O6. The molecule has 18 rings (SSSR count). The van der Waals surface area contributed by atoms with Gasteiger partial charge >= 0.3 is 0 Å². The van der Waals surface area contributed by atoms with E-state index in [0.29, 0.717) is 101 Å². The van der Waals surface area contributed by atoms with Crippen LogP contribution in [0.3, 0.4) is 0 Å². The van der Waals surface area contributed by atoms with Crippen molar-refractivity contribution in [3.05, 3.63) is 246 Å². The second-order valence-electron chi connectivity index (χ2n) is 19.8. The van der Waals surface area contributed by atoms with Crippen LogP contribution in [0.2, 0.25) is 0 Å². The molecule has 0 fully saturated rings. The molecule has 362 valence electrons. The molecule has 0 radical (unpaired) electrons. The minimum atomic E-state index is -0.853. The first kappa shape index (κ1) is 43.4. The Hall–Kier alpha value is -10.2. The van der Waals surface area contributed by atoms with Crippen LogP contribution >= 0.6 is 0 Å². The van der Waals surface area contributed by atoms with Crippen molar-refractivity contribution in [1.29, 1.82) is 0 Å². The van der Waals surface area contributed by atoms with E-state index in [9.17, 15) is 30.6 Å². The Bertz CT molecular complexity index is 3600. The maximum absolute atomic E-state index is 12.6. The molecule has 3 heterocycles. The normalized spacial score (nSPS) is 18.0. The number of phenolic OH excluding ortho intramolecular Hbond substituents is 6. The van der Waals surface area contributed by atoms with Crippen LogP contribution in [0.5, 0.6) is 34.5 Å². The van der Waals surface area contributed by atoms with Crippen LogP contribution in [0.15, 0.2) is 176 Å². The summed E-state index contributed by atoms with van der Waals surface area (Å²) >= 11 is 0. The second-order valence-corrected chi connectivity index (χ2v) is 19.8. The molecule has 6 aliphatic carbocycles. The van der Waals surface area contributed by atoms with Gasteiger partial charge in [0.25, 0.3) is 0 Å². The number of aromatic hydroxyl groups is 6. The monoisotopic (exact) mass is 988 g/mol. The van der Waals surface area contributed by atoms with Gasteiger partial charge in [-0.05, 0) is 106 Å². The Balaban J connectivity index is 1.04. The lowest BCUT2D eigenvalue weighted by atomic mass is 9.59. The van der Waals surface area contributed by atoms with Crippen LogP contribution < -0.4 is 0 Å². The van der Waals surface area contributed by atoms with E-state index in [1.54, 1.807) is 37.3 Å². The summed E-state index contributed by atoms with van der Waals surface area (Å²) in [6.45, 7) is 0. The van der Waals surface area contributed by atoms with Gasteiger partial charge in [-0.2, -0.15) is 0 Å². The van der Waals surface area contributed by atoms with E-state index in [1.165, 1.54) is 0 Å². The molecule has 0 spiro atoms. The van der Waals surface area contributed by atoms with Crippen molar-refractivity contribution in [2.45, 2.75) is 23.7 Å². The molecule has 3 aliphatic heterocycles. The molecule has 0 atom stereocenters. The summed E-state index contributed by atoms with van der Waals surface area (Å²) in [5, 5.41) is 75.5. The average molecular weight is 989 g/mol. The zero-order chi connectivity index (χ0) is 51.1. The van der Waals surface area contributed by atoms with Crippen molar-refractivity contribution < 1.29 is 30.6 Å². The SMILES string of the molecule is Oc1c2ccc3c1C1c4c5ccc(c4O)C=Nc4ccccc4N=Cc4ccc6c(c4O)C4c7c(ccc(c7O)C=Nc7ccccc7N=C2)C6c2ccc(c(O)c24)C=Nc2ccccc2N=Cc2ccc(c1c2O)C35. The number of para-hydroxylation sites is 6. The van der Waals surface area contributed by atoms with Crippen LogP contribution in [0, 0.1) is 0 Å². The molecule has 12 heteroatoms. The lowest BCUT2D eigenvalue weighted by Crippen LogP contribution is -2.28. The lowest BCUT2D eigenvalue weighted by molar-refractivity contribution is 0.437. The molecule has 0 saturated heterocycles. The highest BCUT2D eigenvalue weighted by Crippen LogP contribution is 2.64. The number of nitrogens with zero attached hydrogens (tertiary/aromatic N) is 6. The minimum Gasteiger partial charge on any atom is -0.507 e. The van der Waals surface area contributed by atoms with E-state index in [-0.39, 0.29) is 34.5 Å². The molecule has 12 nitrogen and oxygen atoms in total. The van der Waals surface area contributed by atoms with Crippen LogP contribution in [0.4, 0.5) is 34.1 Å². The third-order valence-electron chi connectivity index (χ3n) is 16.0. The third-order valence-corrected chi connectivity index (χ3v) is 16.0. The van der Waals surface area contributed by atoms with Crippen LogP contribution in [-0.4, -0.2) is 67.9 Å². The molecule has 9 aliphatic rings. The van der Waals surface area contributed by atoms with E-state index < -0.39 is 23.7 Å². The molecule has 0 unspecified atom stereocenters. The third kappa shape index (κ3) is 6.12. The Morgan fingerprint density at radius 2 is 0.382 bits per heavy atom. The van der Waals surface area contributed by atoms with Gasteiger partial charge in [0.2, 0.25) is 0 Å². The number of rotatable bonds is 0. The lowest BCUT2D eigenvalue weighted by Gasteiger charge is -2.43. The van der Waals surface area contributed by atoms with E-state index in [4.69, 9.17) is 30.0 Å². The zero-order valence-corrected chi connectivity index (χ0v) is 40.0. The van der Waals surface area contributed by atoms with E-state index in [0.717, 1.165) is 33.4 Å². The maximum Gasteiger partial charge on any atom is 0.128 e. The number of benzene rings is 9. The van der Waals surface area contributed by atoms with Crippen molar-refractivity contribution in [2.75, 3.05) is 0 Å². The van der Waals surface area contributed by atoms with Crippen molar-refractivity contribution in [3.8, 4) is 34.5 Å². The molecule has 6 N–H and O–H groups in total. The topological polar surface area (TPSA) is 196 Å². The van der Waals surface area contributed by atoms with Gasteiger partial charge < -0.3 is 30.6 Å². The quantitative estimate of drug-likeness (QED) is 0.0874. The van der Waals surface area contributed by atoms with Crippen molar-refractivity contribution >= 4 is 71.4 Å². The molecule has 0 amide bonds. The Morgan fingerprint density at radius 1 is 0.211 bits per heavy atom. The van der Waals surface area contributed by atoms with Crippen molar-refractivity contribution in [1.82, 2.24) is 0 Å². The van der Waals surface area contributed by atoms with Gasteiger partial charge in [-0.1, -0.05) is 72.8 Å². The minimum absolute atomic E-state index is 0.0571. The fourth-order valence-corrected chi connectivity index (χ4v) is 12.6. The van der Waals surface area contributed by atoms with E-state index >= 15 is 0 Å². The van der Waals surface area contributed by atoms with Crippen LogP contribution in [0.25, 0.3) is 0 Å². The smallest absolute Gasteiger partial charge is 0.128 e. The molecule has 0 aromatic heterocycles. The number of hydrogen-bond acceptors (Lipinski definition) is 12. The fraction of sp³-hybridized carbons (Fsp3) is 0.0625. The second kappa shape index (κ2) is 16.1. The first-order chi connectivity index (χ1) is 37.2. The largest absolute Gasteiger partial charge is 0.507 e. The van der Waals surface area contributed by atoms with Gasteiger partial charge in [0.1, 0.15) is 34.5 Å². The van der Waals surface area contributed by atoms with Crippen LogP contribution in [-0.2, 0) is 0 Å². The summed E-state index contributed by atoms with van der Waals surface area (Å²) in [5.74, 6) is -3.02. The maximum atomic E-state index is 12.6. The fourth-order valence-electron chi connectivity index (χ4n) is 12.6. The molecule has 9 aromatic rings. The van der Waals surface area contributed by atoms with Gasteiger partial charge in [-0.15, -0.1) is 0 Å². The standard InChI is InChI=1S/C64H40N6O6/c71-59-31-13-19-37-49-39-21-15-33-27-67-45-9-3-5-11-47(45)69-29-35-17-23-41-50-38-20-14-32(26-66-44-8-2-1-7-43(44)65-25-31)60(72)52(38)58(55(41)63(35)75)56-42(50)24-18-36(64(56)76)30-70-48-12-6-4-10-46(48)68-28-34-16-22-40(49)54(62(34)74)57(51(37)59)53(39)61(33)73/h1-30,49-50,57-58,71-76H. The Morgan fingerprint density at radius 3 is 0.553 bits per heavy atom. The molecular weight excluding hydrogens is 949 g/mol. The summed E-state index contributed by atoms with van der Waals surface area (Å²) < 4.78 is 0. The van der Waals surface area contributed by atoms with Crippen molar-refractivity contribution in [2.24, 2.45) is 30.0 Å². The summed E-state index contributed by atoms with van der Waals surface area (Å²) in [5.41, 5.74) is 13.4. The first-order valence-electron chi connectivity index (χ1n) is 24.9. The van der Waals surface area contributed by atoms with E-state index in [1.807, 2.05) is 146 Å². The molecule has 9 aromatic carbocycles. The predicted octanol–water partition coefficient (Wildman–Crippen LogP) is 13.0. The summed E-state index contributed by atoms with van der Waals surface area (Å²) in [7, 11) is 0. The van der Waals surface area contributed by atoms with Gasteiger partial charge in [-0.3, -0.25) is 30.0 Å². The first-order valence-corrected chi connectivity index (χ1v) is 24.9. The highest BCUT2D eigenvalue weighted by atomic mass is 16.3. The average Bonchev–Trinajstić information content (AvgIpc) is 3.57. The summed E-state index contributed by atoms with van der Waals surface area (Å²) in [6, 6.07) is 44.7. The summed E-state index contributed by atoms with van der Waals surface area (Å²) in [6.07, 6.45) is 9.48. The van der Waals surface area contributed by atoms with Crippen molar-refractivity contribution in [3.63, 3.8) is 0 Å². The predicted molar refractivity (Wildman–Crippen MR) is 295 cm³/mol. The van der Waals surface area contributed by atoms with Gasteiger partial charge in [0.15, 0.2) is 0 Å². The van der Waals surface area contributed by atoms with Crippen LogP contribution in [0.1, 0.15) is 124 Å². The number of hydrogen-bond donors (Lipinski definition) is 6. The highest BCUT2D eigenvalue weighted by Gasteiger charge is 2.48. The summed E-state index contributed by atoms with van der Waals surface area (Å²) in [4.78, 5) is 29.3. The van der Waals surface area contributed by atoms with E-state index in [2.05, 4.69) is 0 Å². The highest BCUT2D eigenvalue weighted by molar-refractivity contribution is 5.97. The number of phenols is 6. The Kier molecular flexibility index (Phi) is 9.22. The van der Waals surface area contributed by atoms with Gasteiger partial charge in [0, 0.05) is 128 Å². The van der Waals surface area contributed by atoms with Gasteiger partial charge in [0.05, 0.1) is 34.1 Å². The molecule has 16 bridgehead atoms. The van der Waals surface area contributed by atoms with Gasteiger partial charge in [-0.25, -0.2) is 0 Å².